The van der Waals surface area contributed by atoms with Gasteiger partial charge in [-0.15, -0.1) is 0 Å². The van der Waals surface area contributed by atoms with Crippen molar-refractivity contribution in [1.29, 1.82) is 0 Å². The molecule has 0 aromatic heterocycles. The summed E-state index contributed by atoms with van der Waals surface area (Å²) in [7, 11) is -3.66. The largest absolute Gasteiger partial charge is 0.366 e. The predicted octanol–water partition coefficient (Wildman–Crippen LogP) is -0.404. The maximum atomic E-state index is 11.9. The number of amides is 3. The van der Waals surface area contributed by atoms with Crippen LogP contribution in [0.4, 0.5) is 0 Å². The van der Waals surface area contributed by atoms with Crippen molar-refractivity contribution in [3.63, 3.8) is 0 Å². The number of piperidine rings is 1. The van der Waals surface area contributed by atoms with Crippen LogP contribution in [0.25, 0.3) is 0 Å². The quantitative estimate of drug-likeness (QED) is 0.515. The minimum atomic E-state index is -3.66. The Labute approximate surface area is 151 Å². The molecule has 1 saturated heterocycles. The van der Waals surface area contributed by atoms with E-state index in [9.17, 15) is 22.8 Å². The highest BCUT2D eigenvalue weighted by atomic mass is 32.2. The molecule has 0 saturated carbocycles. The van der Waals surface area contributed by atoms with Gasteiger partial charge in [-0.2, -0.15) is 0 Å². The molecule has 1 fully saturated rings. The van der Waals surface area contributed by atoms with Crippen LogP contribution in [0.15, 0.2) is 24.3 Å². The van der Waals surface area contributed by atoms with Gasteiger partial charge in [0.25, 0.3) is 0 Å². The first-order chi connectivity index (χ1) is 12.3. The van der Waals surface area contributed by atoms with E-state index in [2.05, 4.69) is 16.6 Å². The molecule has 3 amide bonds. The Morgan fingerprint density at radius 1 is 1.15 bits per heavy atom. The zero-order chi connectivity index (χ0) is 19.2. The lowest BCUT2D eigenvalue weighted by molar-refractivity contribution is -0.147. The topological polar surface area (TPSA) is 127 Å². The number of nitrogens with two attached hydrogens (primary N) is 1. The number of imide groups is 1. The lowest BCUT2D eigenvalue weighted by Crippen LogP contribution is -2.44. The van der Waals surface area contributed by atoms with Crippen LogP contribution < -0.4 is 10.5 Å². The molecule has 1 aliphatic heterocycles. The normalized spacial score (nSPS) is 14.7. The predicted molar refractivity (Wildman–Crippen MR) is 94.2 cm³/mol. The standard InChI is InChI=1S/C17H19N3O5S/c18-17(23)14-8-6-13(7-9-14)3-2-10-19-26(24,25)12-11-20-15(21)4-1-5-16(20)22/h6-9,19H,1,4-5,10-12H2,(H2,18,23). The van der Waals surface area contributed by atoms with Crippen molar-refractivity contribution >= 4 is 27.7 Å². The zero-order valence-corrected chi connectivity index (χ0v) is 14.8. The molecule has 1 aromatic carbocycles. The first kappa shape index (κ1) is 19.6. The van der Waals surface area contributed by atoms with E-state index in [0.717, 1.165) is 4.90 Å². The van der Waals surface area contributed by atoms with Crippen molar-refractivity contribution in [3.05, 3.63) is 35.4 Å². The number of carbonyl (C=O) groups is 3. The highest BCUT2D eigenvalue weighted by Crippen LogP contribution is 2.11. The summed E-state index contributed by atoms with van der Waals surface area (Å²) in [6.45, 7) is -0.267. The third-order valence-corrected chi connectivity index (χ3v) is 5.05. The molecule has 3 N–H and O–H groups in total. The highest BCUT2D eigenvalue weighted by molar-refractivity contribution is 7.89. The fourth-order valence-electron chi connectivity index (χ4n) is 2.34. The summed E-state index contributed by atoms with van der Waals surface area (Å²) in [6.07, 6.45) is 1.04. The van der Waals surface area contributed by atoms with Crippen LogP contribution in [0.2, 0.25) is 0 Å². The van der Waals surface area contributed by atoms with Gasteiger partial charge in [0.2, 0.25) is 27.7 Å². The first-order valence-corrected chi connectivity index (χ1v) is 9.63. The van der Waals surface area contributed by atoms with Crippen molar-refractivity contribution in [2.75, 3.05) is 18.8 Å². The zero-order valence-electron chi connectivity index (χ0n) is 14.0. The van der Waals surface area contributed by atoms with Gasteiger partial charge in [0.15, 0.2) is 0 Å². The van der Waals surface area contributed by atoms with Gasteiger partial charge in [0, 0.05) is 30.5 Å². The number of rotatable bonds is 6. The van der Waals surface area contributed by atoms with Crippen molar-refractivity contribution in [3.8, 4) is 11.8 Å². The Bertz CT molecular complexity index is 850. The molecule has 0 radical (unpaired) electrons. The minimum Gasteiger partial charge on any atom is -0.366 e. The number of sulfonamides is 1. The molecule has 0 bridgehead atoms. The number of nitrogens with one attached hydrogen (secondary N) is 1. The van der Waals surface area contributed by atoms with Crippen LogP contribution >= 0.6 is 0 Å². The van der Waals surface area contributed by atoms with Gasteiger partial charge in [-0.1, -0.05) is 11.8 Å². The Morgan fingerprint density at radius 3 is 2.35 bits per heavy atom. The van der Waals surface area contributed by atoms with E-state index >= 15 is 0 Å². The second-order valence-corrected chi connectivity index (χ2v) is 7.60. The molecule has 0 spiro atoms. The molecule has 26 heavy (non-hydrogen) atoms. The molecule has 1 heterocycles. The fourth-order valence-corrected chi connectivity index (χ4v) is 3.20. The Balaban J connectivity index is 1.83. The Morgan fingerprint density at radius 2 is 1.77 bits per heavy atom. The lowest BCUT2D eigenvalue weighted by atomic mass is 10.1. The third kappa shape index (κ3) is 5.68. The van der Waals surface area contributed by atoms with Crippen LogP contribution in [-0.2, 0) is 19.6 Å². The summed E-state index contributed by atoms with van der Waals surface area (Å²) < 4.78 is 26.2. The third-order valence-electron chi connectivity index (χ3n) is 3.75. The highest BCUT2D eigenvalue weighted by Gasteiger charge is 2.26. The van der Waals surface area contributed by atoms with E-state index in [-0.39, 0.29) is 43.5 Å². The number of carbonyl (C=O) groups excluding carboxylic acids is 3. The second-order valence-electron chi connectivity index (χ2n) is 5.68. The van der Waals surface area contributed by atoms with Gasteiger partial charge >= 0.3 is 0 Å². The molecule has 0 unspecified atom stereocenters. The van der Waals surface area contributed by atoms with E-state index in [4.69, 9.17) is 5.73 Å². The number of nitrogens with zero attached hydrogens (tertiary/aromatic N) is 1. The van der Waals surface area contributed by atoms with Gasteiger partial charge in [-0.25, -0.2) is 13.1 Å². The van der Waals surface area contributed by atoms with Gasteiger partial charge in [-0.05, 0) is 30.7 Å². The molecule has 0 atom stereocenters. The molecule has 138 valence electrons. The van der Waals surface area contributed by atoms with E-state index in [1.54, 1.807) is 12.1 Å². The summed E-state index contributed by atoms with van der Waals surface area (Å²) >= 11 is 0. The SMILES string of the molecule is NC(=O)c1ccc(C#CCNS(=O)(=O)CCN2C(=O)CCCC2=O)cc1. The maximum Gasteiger partial charge on any atom is 0.248 e. The number of likely N-dealkylation sites (tertiary alicyclic amines) is 1. The van der Waals surface area contributed by atoms with Crippen molar-refractivity contribution < 1.29 is 22.8 Å². The van der Waals surface area contributed by atoms with Crippen LogP contribution in [-0.4, -0.2) is 49.9 Å². The number of benzene rings is 1. The molecule has 0 aliphatic carbocycles. The van der Waals surface area contributed by atoms with Gasteiger partial charge in [-0.3, -0.25) is 19.3 Å². The Kier molecular flexibility index (Phi) is 6.49. The van der Waals surface area contributed by atoms with Gasteiger partial charge < -0.3 is 5.73 Å². The fraction of sp³-hybridized carbons (Fsp3) is 0.353. The summed E-state index contributed by atoms with van der Waals surface area (Å²) in [5, 5.41) is 0. The average molecular weight is 377 g/mol. The van der Waals surface area contributed by atoms with Crippen LogP contribution in [0, 0.1) is 11.8 Å². The van der Waals surface area contributed by atoms with E-state index in [1.165, 1.54) is 12.1 Å². The van der Waals surface area contributed by atoms with Crippen molar-refractivity contribution in [1.82, 2.24) is 9.62 Å². The molecule has 8 nitrogen and oxygen atoms in total. The van der Waals surface area contributed by atoms with Crippen LogP contribution in [0.5, 0.6) is 0 Å². The number of primary amides is 1. The summed E-state index contributed by atoms with van der Waals surface area (Å²) in [5.41, 5.74) is 6.10. The van der Waals surface area contributed by atoms with Crippen molar-refractivity contribution in [2.24, 2.45) is 5.73 Å². The molecule has 1 aromatic rings. The molecular weight excluding hydrogens is 358 g/mol. The number of hydrogen-bond donors (Lipinski definition) is 2. The van der Waals surface area contributed by atoms with Crippen molar-refractivity contribution in [2.45, 2.75) is 19.3 Å². The van der Waals surface area contributed by atoms with Gasteiger partial charge in [0.1, 0.15) is 0 Å². The van der Waals surface area contributed by atoms with E-state index < -0.39 is 15.9 Å². The molecule has 9 heteroatoms. The van der Waals surface area contributed by atoms with Gasteiger partial charge in [0.05, 0.1) is 12.3 Å². The smallest absolute Gasteiger partial charge is 0.248 e. The van der Waals surface area contributed by atoms with E-state index in [0.29, 0.717) is 17.5 Å². The van der Waals surface area contributed by atoms with Crippen LogP contribution in [0.1, 0.15) is 35.2 Å². The second kappa shape index (κ2) is 8.60. The Hall–Kier alpha value is -2.70. The van der Waals surface area contributed by atoms with Crippen LogP contribution in [0.3, 0.4) is 0 Å². The first-order valence-electron chi connectivity index (χ1n) is 7.98. The lowest BCUT2D eigenvalue weighted by Gasteiger charge is -2.24. The number of hydrogen-bond acceptors (Lipinski definition) is 5. The summed E-state index contributed by atoms with van der Waals surface area (Å²) in [6, 6.07) is 6.27. The average Bonchev–Trinajstić information content (AvgIpc) is 2.58. The monoisotopic (exact) mass is 377 g/mol. The summed E-state index contributed by atoms with van der Waals surface area (Å²) in [4.78, 5) is 35.2. The molecule has 2 rings (SSSR count). The van der Waals surface area contributed by atoms with E-state index in [1.807, 2.05) is 0 Å². The summed E-state index contributed by atoms with van der Waals surface area (Å²) in [5.74, 6) is 3.84. The maximum absolute atomic E-state index is 11.9. The molecular formula is C17H19N3O5S. The molecule has 1 aliphatic rings. The minimum absolute atomic E-state index is 0.109.